The molecule has 2 aliphatic rings. The summed E-state index contributed by atoms with van der Waals surface area (Å²) in [4.78, 5) is 29.9. The van der Waals surface area contributed by atoms with Gasteiger partial charge in [0.05, 0.1) is 5.41 Å². The number of thiazole rings is 1. The van der Waals surface area contributed by atoms with Gasteiger partial charge in [-0.15, -0.1) is 11.3 Å². The van der Waals surface area contributed by atoms with Crippen molar-refractivity contribution in [2.24, 2.45) is 5.41 Å². The zero-order chi connectivity index (χ0) is 17.6. The summed E-state index contributed by atoms with van der Waals surface area (Å²) in [6.07, 6.45) is 0.452. The van der Waals surface area contributed by atoms with Crippen molar-refractivity contribution in [2.45, 2.75) is 13.3 Å². The maximum atomic E-state index is 12.6. The van der Waals surface area contributed by atoms with E-state index < -0.39 is 11.4 Å². The number of carbonyl (C=O) groups is 2. The number of ether oxygens (including phenoxy) is 2. The Hall–Kier alpha value is -2.61. The number of hydrogen-bond donors (Lipinski definition) is 1. The molecule has 1 N–H and O–H groups in total. The van der Waals surface area contributed by atoms with Crippen LogP contribution in [0.25, 0.3) is 10.6 Å². The average molecular weight is 360 g/mol. The number of rotatable bonds is 3. The fraction of sp³-hybridized carbons (Fsp3) is 0.353. The van der Waals surface area contributed by atoms with Crippen LogP contribution in [0.5, 0.6) is 11.5 Å². The molecule has 0 bridgehead atoms. The minimum Gasteiger partial charge on any atom is -0.481 e. The first kappa shape index (κ1) is 15.9. The van der Waals surface area contributed by atoms with Gasteiger partial charge in [0.2, 0.25) is 6.79 Å². The van der Waals surface area contributed by atoms with Gasteiger partial charge in [0, 0.05) is 24.0 Å². The Morgan fingerprint density at radius 2 is 2.12 bits per heavy atom. The molecular weight excluding hydrogens is 344 g/mol. The van der Waals surface area contributed by atoms with Gasteiger partial charge in [0.15, 0.2) is 11.5 Å². The van der Waals surface area contributed by atoms with E-state index >= 15 is 0 Å². The molecule has 3 heterocycles. The van der Waals surface area contributed by atoms with Crippen LogP contribution in [-0.4, -0.2) is 46.7 Å². The molecule has 1 saturated heterocycles. The predicted molar refractivity (Wildman–Crippen MR) is 89.9 cm³/mol. The van der Waals surface area contributed by atoms with Crippen LogP contribution in [0.1, 0.15) is 23.8 Å². The van der Waals surface area contributed by atoms with E-state index in [2.05, 4.69) is 4.98 Å². The second kappa shape index (κ2) is 5.73. The predicted octanol–water partition coefficient (Wildman–Crippen LogP) is 2.48. The first-order chi connectivity index (χ1) is 12.0. The first-order valence-electron chi connectivity index (χ1n) is 7.84. The highest BCUT2D eigenvalue weighted by molar-refractivity contribution is 7.13. The summed E-state index contributed by atoms with van der Waals surface area (Å²) in [5, 5.41) is 11.7. The fourth-order valence-electron chi connectivity index (χ4n) is 3.01. The average Bonchev–Trinajstić information content (AvgIpc) is 3.33. The number of aromatic nitrogens is 1. The molecule has 2 aromatic rings. The summed E-state index contributed by atoms with van der Waals surface area (Å²) in [6.45, 7) is 2.51. The molecule has 8 heteroatoms. The lowest BCUT2D eigenvalue weighted by atomic mass is 9.90. The third-order valence-corrected chi connectivity index (χ3v) is 5.51. The summed E-state index contributed by atoms with van der Waals surface area (Å²) in [5.74, 6) is 0.259. The van der Waals surface area contributed by atoms with E-state index in [1.165, 1.54) is 11.3 Å². The van der Waals surface area contributed by atoms with Crippen LogP contribution in [0.2, 0.25) is 0 Å². The lowest BCUT2D eigenvalue weighted by Crippen LogP contribution is -2.35. The minimum atomic E-state index is -0.883. The quantitative estimate of drug-likeness (QED) is 0.904. The number of aliphatic carboxylic acids is 1. The summed E-state index contributed by atoms with van der Waals surface area (Å²) < 4.78 is 10.7. The van der Waals surface area contributed by atoms with Crippen LogP contribution in [-0.2, 0) is 4.79 Å². The highest BCUT2D eigenvalue weighted by atomic mass is 32.1. The van der Waals surface area contributed by atoms with Gasteiger partial charge in [-0.25, -0.2) is 4.98 Å². The first-order valence-corrected chi connectivity index (χ1v) is 8.72. The number of likely N-dealkylation sites (tertiary alicyclic amines) is 1. The van der Waals surface area contributed by atoms with E-state index in [-0.39, 0.29) is 19.2 Å². The van der Waals surface area contributed by atoms with E-state index in [9.17, 15) is 14.7 Å². The monoisotopic (exact) mass is 360 g/mol. The fourth-order valence-corrected chi connectivity index (χ4v) is 3.80. The van der Waals surface area contributed by atoms with E-state index in [1.807, 2.05) is 18.2 Å². The molecule has 1 aromatic carbocycles. The van der Waals surface area contributed by atoms with Gasteiger partial charge in [-0.05, 0) is 31.5 Å². The molecule has 7 nitrogen and oxygen atoms in total. The number of carbonyl (C=O) groups excluding carboxylic acids is 1. The number of hydrogen-bond acceptors (Lipinski definition) is 6. The Labute approximate surface area is 147 Å². The molecule has 130 valence electrons. The van der Waals surface area contributed by atoms with Crippen LogP contribution in [0.15, 0.2) is 23.6 Å². The van der Waals surface area contributed by atoms with E-state index in [0.29, 0.717) is 35.2 Å². The smallest absolute Gasteiger partial charge is 0.311 e. The Kier molecular flexibility index (Phi) is 3.64. The number of carboxylic acid groups (broad SMARTS) is 1. The van der Waals surface area contributed by atoms with Gasteiger partial charge in [-0.3, -0.25) is 9.59 Å². The lowest BCUT2D eigenvalue weighted by molar-refractivity contribution is -0.147. The van der Waals surface area contributed by atoms with Gasteiger partial charge in [0.25, 0.3) is 5.91 Å². The second-order valence-electron chi connectivity index (χ2n) is 6.45. The number of benzene rings is 1. The molecule has 1 amide bonds. The Bertz CT molecular complexity index is 864. The third-order valence-electron chi connectivity index (χ3n) is 4.62. The van der Waals surface area contributed by atoms with Gasteiger partial charge in [0.1, 0.15) is 10.7 Å². The normalized spacial score (nSPS) is 21.6. The molecule has 2 aliphatic heterocycles. The maximum absolute atomic E-state index is 12.6. The van der Waals surface area contributed by atoms with Gasteiger partial charge in [-0.1, -0.05) is 0 Å². The number of nitrogens with zero attached hydrogens (tertiary/aromatic N) is 2. The molecule has 0 radical (unpaired) electrons. The Balaban J connectivity index is 1.53. The standard InChI is InChI=1S/C17H16N2O5S/c1-17(16(21)22)4-5-19(8-17)15(20)11-7-25-14(18-11)10-2-3-12-13(6-10)24-9-23-12/h2-3,6-7H,4-5,8-9H2,1H3,(H,21,22). The minimum absolute atomic E-state index is 0.206. The van der Waals surface area contributed by atoms with Crippen molar-refractivity contribution >= 4 is 23.2 Å². The van der Waals surface area contributed by atoms with E-state index in [4.69, 9.17) is 9.47 Å². The Morgan fingerprint density at radius 1 is 1.32 bits per heavy atom. The highest BCUT2D eigenvalue weighted by Crippen LogP contribution is 2.37. The van der Waals surface area contributed by atoms with Gasteiger partial charge >= 0.3 is 5.97 Å². The van der Waals surface area contributed by atoms with Crippen LogP contribution >= 0.6 is 11.3 Å². The van der Waals surface area contributed by atoms with Crippen molar-refractivity contribution < 1.29 is 24.2 Å². The molecule has 0 aliphatic carbocycles. The molecule has 0 saturated carbocycles. The zero-order valence-electron chi connectivity index (χ0n) is 13.5. The summed E-state index contributed by atoms with van der Waals surface area (Å²) in [7, 11) is 0. The molecule has 1 atom stereocenters. The zero-order valence-corrected chi connectivity index (χ0v) is 14.3. The van der Waals surface area contributed by atoms with Crippen LogP contribution in [0.3, 0.4) is 0 Å². The van der Waals surface area contributed by atoms with Gasteiger partial charge in [-0.2, -0.15) is 0 Å². The van der Waals surface area contributed by atoms with Crippen LogP contribution in [0.4, 0.5) is 0 Å². The van der Waals surface area contributed by atoms with Crippen molar-refractivity contribution in [3.63, 3.8) is 0 Å². The maximum Gasteiger partial charge on any atom is 0.311 e. The van der Waals surface area contributed by atoms with Crippen LogP contribution < -0.4 is 9.47 Å². The molecule has 1 aromatic heterocycles. The number of carboxylic acids is 1. The summed E-state index contributed by atoms with van der Waals surface area (Å²) in [5.41, 5.74) is 0.309. The summed E-state index contributed by atoms with van der Waals surface area (Å²) in [6, 6.07) is 5.53. The number of fused-ring (bicyclic) bond motifs is 1. The third kappa shape index (κ3) is 2.72. The SMILES string of the molecule is CC1(C(=O)O)CCN(C(=O)c2csc(-c3ccc4c(c3)OCO4)n2)C1. The van der Waals surface area contributed by atoms with Gasteiger partial charge < -0.3 is 19.5 Å². The van der Waals surface area contributed by atoms with E-state index in [0.717, 1.165) is 5.56 Å². The van der Waals surface area contributed by atoms with E-state index in [1.54, 1.807) is 17.2 Å². The second-order valence-corrected chi connectivity index (χ2v) is 7.31. The highest BCUT2D eigenvalue weighted by Gasteiger charge is 2.42. The van der Waals surface area contributed by atoms with Crippen molar-refractivity contribution in [1.82, 2.24) is 9.88 Å². The Morgan fingerprint density at radius 3 is 2.88 bits per heavy atom. The van der Waals surface area contributed by atoms with Crippen molar-refractivity contribution in [3.8, 4) is 22.1 Å². The molecule has 4 rings (SSSR count). The molecular formula is C17H16N2O5S. The van der Waals surface area contributed by atoms with Crippen LogP contribution in [0, 0.1) is 5.41 Å². The van der Waals surface area contributed by atoms with Crippen molar-refractivity contribution in [1.29, 1.82) is 0 Å². The summed E-state index contributed by atoms with van der Waals surface area (Å²) >= 11 is 1.37. The molecule has 25 heavy (non-hydrogen) atoms. The lowest BCUT2D eigenvalue weighted by Gasteiger charge is -2.19. The van der Waals surface area contributed by atoms with Crippen molar-refractivity contribution in [2.75, 3.05) is 19.9 Å². The molecule has 1 fully saturated rings. The molecule has 0 spiro atoms. The topological polar surface area (TPSA) is 89.0 Å². The molecule has 1 unspecified atom stereocenters. The van der Waals surface area contributed by atoms with Crippen molar-refractivity contribution in [3.05, 3.63) is 29.3 Å². The number of amides is 1. The largest absolute Gasteiger partial charge is 0.481 e.